The van der Waals surface area contributed by atoms with Gasteiger partial charge in [0.15, 0.2) is 0 Å². The second-order valence-corrected chi connectivity index (χ2v) is 5.87. The minimum atomic E-state index is -0.106. The van der Waals surface area contributed by atoms with Gasteiger partial charge in [0.2, 0.25) is 5.91 Å². The summed E-state index contributed by atoms with van der Waals surface area (Å²) in [6.45, 7) is 3.30. The summed E-state index contributed by atoms with van der Waals surface area (Å²) in [4.78, 5) is 25.7. The molecule has 118 valence electrons. The van der Waals surface area contributed by atoms with Gasteiger partial charge >= 0.3 is 0 Å². The van der Waals surface area contributed by atoms with Crippen LogP contribution in [0.5, 0.6) is 0 Å². The van der Waals surface area contributed by atoms with Crippen LogP contribution in [0.25, 0.3) is 0 Å². The molecule has 0 unspecified atom stereocenters. The van der Waals surface area contributed by atoms with E-state index in [2.05, 4.69) is 11.4 Å². The average molecular weight is 308 g/mol. The van der Waals surface area contributed by atoms with Crippen LogP contribution >= 0.6 is 0 Å². The van der Waals surface area contributed by atoms with Gasteiger partial charge in [-0.2, -0.15) is 0 Å². The second kappa shape index (κ2) is 6.65. The minimum absolute atomic E-state index is 0.106. The monoisotopic (exact) mass is 308 g/mol. The SMILES string of the molecule is Cc1cccc(CNC(=O)c2ccc(N3CCCC3=O)cc2)c1. The lowest BCUT2D eigenvalue weighted by Gasteiger charge is -2.15. The molecular weight excluding hydrogens is 288 g/mol. The van der Waals surface area contributed by atoms with Crippen LogP contribution in [0.3, 0.4) is 0 Å². The maximum Gasteiger partial charge on any atom is 0.251 e. The number of aryl methyl sites for hydroxylation is 1. The normalized spacial score (nSPS) is 14.1. The molecule has 1 fully saturated rings. The van der Waals surface area contributed by atoms with Crippen molar-refractivity contribution in [1.29, 1.82) is 0 Å². The maximum atomic E-state index is 12.2. The molecule has 2 aromatic carbocycles. The Morgan fingerprint density at radius 3 is 2.61 bits per heavy atom. The van der Waals surface area contributed by atoms with E-state index in [0.717, 1.165) is 24.2 Å². The van der Waals surface area contributed by atoms with E-state index < -0.39 is 0 Å². The standard InChI is InChI=1S/C19H20N2O2/c1-14-4-2-5-15(12-14)13-20-19(23)16-7-9-17(10-8-16)21-11-3-6-18(21)22/h2,4-5,7-10,12H,3,6,11,13H2,1H3,(H,20,23). The third-order valence-corrected chi connectivity index (χ3v) is 4.05. The highest BCUT2D eigenvalue weighted by Crippen LogP contribution is 2.21. The molecule has 0 aromatic heterocycles. The Kier molecular flexibility index (Phi) is 4.42. The molecule has 0 spiro atoms. The molecule has 1 saturated heterocycles. The quantitative estimate of drug-likeness (QED) is 0.943. The number of carbonyl (C=O) groups is 2. The van der Waals surface area contributed by atoms with Gasteiger partial charge in [0, 0.05) is 30.8 Å². The van der Waals surface area contributed by atoms with Crippen molar-refractivity contribution in [2.75, 3.05) is 11.4 Å². The van der Waals surface area contributed by atoms with Gasteiger partial charge in [-0.25, -0.2) is 0 Å². The molecule has 1 heterocycles. The molecule has 3 rings (SSSR count). The van der Waals surface area contributed by atoms with Crippen molar-refractivity contribution in [3.05, 3.63) is 65.2 Å². The van der Waals surface area contributed by atoms with E-state index in [4.69, 9.17) is 0 Å². The van der Waals surface area contributed by atoms with Crippen LogP contribution in [-0.2, 0) is 11.3 Å². The number of anilines is 1. The van der Waals surface area contributed by atoms with Crippen LogP contribution in [0.4, 0.5) is 5.69 Å². The summed E-state index contributed by atoms with van der Waals surface area (Å²) >= 11 is 0. The van der Waals surface area contributed by atoms with E-state index in [9.17, 15) is 9.59 Å². The number of amides is 2. The zero-order chi connectivity index (χ0) is 16.2. The first-order valence-corrected chi connectivity index (χ1v) is 7.88. The summed E-state index contributed by atoms with van der Waals surface area (Å²) in [6, 6.07) is 15.3. The number of benzene rings is 2. The van der Waals surface area contributed by atoms with E-state index in [1.807, 2.05) is 37.3 Å². The zero-order valence-electron chi connectivity index (χ0n) is 13.2. The largest absolute Gasteiger partial charge is 0.348 e. The van der Waals surface area contributed by atoms with Gasteiger partial charge in [-0.3, -0.25) is 9.59 Å². The lowest BCUT2D eigenvalue weighted by Crippen LogP contribution is -2.25. The molecule has 0 aliphatic carbocycles. The molecule has 1 aliphatic rings. The predicted octanol–water partition coefficient (Wildman–Crippen LogP) is 3.05. The zero-order valence-corrected chi connectivity index (χ0v) is 13.2. The van der Waals surface area contributed by atoms with Gasteiger partial charge in [-0.05, 0) is 43.2 Å². The van der Waals surface area contributed by atoms with Gasteiger partial charge in [0.05, 0.1) is 0 Å². The highest BCUT2D eigenvalue weighted by molar-refractivity contribution is 5.97. The molecule has 0 bridgehead atoms. The summed E-state index contributed by atoms with van der Waals surface area (Å²) in [5, 5.41) is 2.92. The number of carbonyl (C=O) groups excluding carboxylic acids is 2. The molecule has 4 nitrogen and oxygen atoms in total. The summed E-state index contributed by atoms with van der Waals surface area (Å²) in [5.41, 5.74) is 3.73. The van der Waals surface area contributed by atoms with Crippen molar-refractivity contribution in [3.8, 4) is 0 Å². The van der Waals surface area contributed by atoms with Crippen molar-refractivity contribution >= 4 is 17.5 Å². The van der Waals surface area contributed by atoms with Crippen molar-refractivity contribution in [1.82, 2.24) is 5.32 Å². The number of hydrogen-bond donors (Lipinski definition) is 1. The second-order valence-electron chi connectivity index (χ2n) is 5.87. The summed E-state index contributed by atoms with van der Waals surface area (Å²) < 4.78 is 0. The van der Waals surface area contributed by atoms with Crippen molar-refractivity contribution < 1.29 is 9.59 Å². The molecule has 0 atom stereocenters. The van der Waals surface area contributed by atoms with Gasteiger partial charge in [0.1, 0.15) is 0 Å². The summed E-state index contributed by atoms with van der Waals surface area (Å²) in [7, 11) is 0. The van der Waals surface area contributed by atoms with E-state index in [-0.39, 0.29) is 11.8 Å². The highest BCUT2D eigenvalue weighted by Gasteiger charge is 2.21. The Morgan fingerprint density at radius 1 is 1.17 bits per heavy atom. The van der Waals surface area contributed by atoms with Crippen LogP contribution in [0.1, 0.15) is 34.3 Å². The molecule has 1 N–H and O–H groups in total. The van der Waals surface area contributed by atoms with Crippen molar-refractivity contribution in [2.45, 2.75) is 26.3 Å². The molecule has 2 aromatic rings. The van der Waals surface area contributed by atoms with Gasteiger partial charge in [0.25, 0.3) is 5.91 Å². The van der Waals surface area contributed by atoms with E-state index in [1.165, 1.54) is 5.56 Å². The van der Waals surface area contributed by atoms with Crippen molar-refractivity contribution in [2.24, 2.45) is 0 Å². The van der Waals surface area contributed by atoms with Crippen LogP contribution < -0.4 is 10.2 Å². The number of hydrogen-bond acceptors (Lipinski definition) is 2. The third-order valence-electron chi connectivity index (χ3n) is 4.05. The molecular formula is C19H20N2O2. The van der Waals surface area contributed by atoms with Gasteiger partial charge in [-0.15, -0.1) is 0 Å². The first-order valence-electron chi connectivity index (χ1n) is 7.88. The molecule has 2 amide bonds. The fraction of sp³-hybridized carbons (Fsp3) is 0.263. The fourth-order valence-electron chi connectivity index (χ4n) is 2.82. The molecule has 23 heavy (non-hydrogen) atoms. The maximum absolute atomic E-state index is 12.2. The molecule has 4 heteroatoms. The number of nitrogens with one attached hydrogen (secondary N) is 1. The first kappa shape index (κ1) is 15.3. The number of rotatable bonds is 4. The van der Waals surface area contributed by atoms with Crippen LogP contribution in [0, 0.1) is 6.92 Å². The Bertz CT molecular complexity index is 722. The predicted molar refractivity (Wildman–Crippen MR) is 90.4 cm³/mol. The molecule has 1 aliphatic heterocycles. The van der Waals surface area contributed by atoms with E-state index in [1.54, 1.807) is 17.0 Å². The Hall–Kier alpha value is -2.62. The fourth-order valence-corrected chi connectivity index (χ4v) is 2.82. The average Bonchev–Trinajstić information content (AvgIpc) is 2.99. The highest BCUT2D eigenvalue weighted by atomic mass is 16.2. The van der Waals surface area contributed by atoms with Crippen LogP contribution in [0.2, 0.25) is 0 Å². The van der Waals surface area contributed by atoms with Gasteiger partial charge < -0.3 is 10.2 Å². The van der Waals surface area contributed by atoms with Crippen LogP contribution in [-0.4, -0.2) is 18.4 Å². The van der Waals surface area contributed by atoms with E-state index >= 15 is 0 Å². The lowest BCUT2D eigenvalue weighted by atomic mass is 10.1. The smallest absolute Gasteiger partial charge is 0.251 e. The Labute approximate surface area is 136 Å². The topological polar surface area (TPSA) is 49.4 Å². The minimum Gasteiger partial charge on any atom is -0.348 e. The Morgan fingerprint density at radius 2 is 1.96 bits per heavy atom. The lowest BCUT2D eigenvalue weighted by molar-refractivity contribution is -0.117. The van der Waals surface area contributed by atoms with Crippen LogP contribution in [0.15, 0.2) is 48.5 Å². The van der Waals surface area contributed by atoms with Crippen molar-refractivity contribution in [3.63, 3.8) is 0 Å². The van der Waals surface area contributed by atoms with E-state index in [0.29, 0.717) is 18.5 Å². The number of nitrogens with zero attached hydrogens (tertiary/aromatic N) is 1. The first-order chi connectivity index (χ1) is 11.1. The molecule has 0 saturated carbocycles. The Balaban J connectivity index is 1.62. The molecule has 0 radical (unpaired) electrons. The summed E-state index contributed by atoms with van der Waals surface area (Å²) in [5.74, 6) is 0.0486. The third kappa shape index (κ3) is 3.59. The summed E-state index contributed by atoms with van der Waals surface area (Å²) in [6.07, 6.45) is 1.51. The van der Waals surface area contributed by atoms with Gasteiger partial charge in [-0.1, -0.05) is 29.8 Å².